The van der Waals surface area contributed by atoms with Gasteiger partial charge >= 0.3 is 0 Å². The van der Waals surface area contributed by atoms with Gasteiger partial charge in [0.05, 0.1) is 76.4 Å². The number of rotatable bonds is 11. The molecule has 0 aliphatic rings. The Morgan fingerprint density at radius 3 is 1.05 bits per heavy atom. The van der Waals surface area contributed by atoms with Gasteiger partial charge in [-0.15, -0.1) is 0 Å². The van der Waals surface area contributed by atoms with Crippen molar-refractivity contribution >= 4 is 0 Å². The number of aliphatic hydroxyl groups excluding tert-OH is 8. The predicted molar refractivity (Wildman–Crippen MR) is 77.0 cm³/mol. The predicted octanol–water partition coefficient (Wildman–Crippen LogP) is -3.71. The van der Waals surface area contributed by atoms with Crippen molar-refractivity contribution in [3.8, 4) is 0 Å². The third-order valence-electron chi connectivity index (χ3n) is 3.09. The van der Waals surface area contributed by atoms with E-state index in [2.05, 4.69) is 0 Å². The van der Waals surface area contributed by atoms with E-state index in [1.165, 1.54) is 6.92 Å². The zero-order chi connectivity index (χ0) is 17.6. The summed E-state index contributed by atoms with van der Waals surface area (Å²) in [7, 11) is 0. The van der Waals surface area contributed by atoms with Crippen LogP contribution in [-0.4, -0.2) is 106 Å². The van der Waals surface area contributed by atoms with Gasteiger partial charge in [0.25, 0.3) is 0 Å². The average Bonchev–Trinajstić information content (AvgIpc) is 2.57. The topological polar surface area (TPSA) is 171 Å². The molecule has 0 fully saturated rings. The second-order valence-electron chi connectivity index (χ2n) is 5.47. The van der Waals surface area contributed by atoms with Crippen LogP contribution in [0.3, 0.4) is 0 Å². The first-order valence-corrected chi connectivity index (χ1v) is 6.86. The van der Waals surface area contributed by atoms with Gasteiger partial charge in [0.1, 0.15) is 0 Å². The SMILES string of the molecule is CC(O)CO.OCC(CO)(CO)COCC(CO)(CO)CO. The lowest BCUT2D eigenvalue weighted by Gasteiger charge is -2.31. The van der Waals surface area contributed by atoms with Gasteiger partial charge in [-0.3, -0.25) is 0 Å². The van der Waals surface area contributed by atoms with Gasteiger partial charge in [-0.25, -0.2) is 0 Å². The minimum atomic E-state index is -1.16. The minimum absolute atomic E-state index is 0.139. The molecule has 9 nitrogen and oxygen atoms in total. The molecule has 0 bridgehead atoms. The van der Waals surface area contributed by atoms with Gasteiger partial charge in [0.15, 0.2) is 0 Å². The van der Waals surface area contributed by atoms with E-state index < -0.39 is 56.6 Å². The molecule has 0 amide bonds. The summed E-state index contributed by atoms with van der Waals surface area (Å²) in [6.07, 6.45) is -0.560. The molecule has 1 atom stereocenters. The van der Waals surface area contributed by atoms with Crippen molar-refractivity contribution in [2.45, 2.75) is 13.0 Å². The molecule has 8 N–H and O–H groups in total. The minimum Gasteiger partial charge on any atom is -0.396 e. The molecule has 0 spiro atoms. The maximum atomic E-state index is 9.03. The van der Waals surface area contributed by atoms with E-state index in [0.717, 1.165) is 0 Å². The van der Waals surface area contributed by atoms with Crippen LogP contribution < -0.4 is 0 Å². The lowest BCUT2D eigenvalue weighted by Crippen LogP contribution is -2.43. The molecular formula is C13H30O9. The third kappa shape index (κ3) is 8.93. The summed E-state index contributed by atoms with van der Waals surface area (Å²) < 4.78 is 5.15. The van der Waals surface area contributed by atoms with Crippen LogP contribution in [0.15, 0.2) is 0 Å². The fourth-order valence-corrected chi connectivity index (χ4v) is 1.06. The van der Waals surface area contributed by atoms with Crippen molar-refractivity contribution in [2.24, 2.45) is 10.8 Å². The second-order valence-corrected chi connectivity index (χ2v) is 5.47. The fraction of sp³-hybridized carbons (Fsp3) is 1.00. The van der Waals surface area contributed by atoms with Gasteiger partial charge in [-0.05, 0) is 6.92 Å². The Morgan fingerprint density at radius 2 is 0.909 bits per heavy atom. The van der Waals surface area contributed by atoms with Crippen molar-refractivity contribution in [1.82, 2.24) is 0 Å². The summed E-state index contributed by atoms with van der Waals surface area (Å²) in [5, 5.41) is 70.2. The summed E-state index contributed by atoms with van der Waals surface area (Å²) in [4.78, 5) is 0. The van der Waals surface area contributed by atoms with E-state index >= 15 is 0 Å². The Kier molecular flexibility index (Phi) is 14.2. The second kappa shape index (κ2) is 13.1. The van der Waals surface area contributed by atoms with Crippen LogP contribution in [0.2, 0.25) is 0 Å². The largest absolute Gasteiger partial charge is 0.396 e. The van der Waals surface area contributed by atoms with Crippen LogP contribution in [0.4, 0.5) is 0 Å². The van der Waals surface area contributed by atoms with Gasteiger partial charge in [-0.1, -0.05) is 0 Å². The molecule has 0 aromatic rings. The van der Waals surface area contributed by atoms with Crippen LogP contribution in [0, 0.1) is 10.8 Å². The molecule has 9 heteroatoms. The summed E-state index contributed by atoms with van der Waals surface area (Å²) in [5.41, 5.74) is -2.32. The van der Waals surface area contributed by atoms with E-state index in [0.29, 0.717) is 0 Å². The highest BCUT2D eigenvalue weighted by atomic mass is 16.5. The van der Waals surface area contributed by atoms with Crippen molar-refractivity contribution in [3.05, 3.63) is 0 Å². The summed E-state index contributed by atoms with van der Waals surface area (Å²) in [6, 6.07) is 0. The number of hydrogen-bond donors (Lipinski definition) is 8. The van der Waals surface area contributed by atoms with Gasteiger partial charge in [0, 0.05) is 0 Å². The van der Waals surface area contributed by atoms with Crippen molar-refractivity contribution in [2.75, 3.05) is 59.5 Å². The molecule has 0 aromatic carbocycles. The number of ether oxygens (including phenoxy) is 1. The highest BCUT2D eigenvalue weighted by molar-refractivity contribution is 4.80. The summed E-state index contributed by atoms with van der Waals surface area (Å²) in [6.45, 7) is -1.62. The van der Waals surface area contributed by atoms with E-state index in [1.807, 2.05) is 0 Å². The maximum Gasteiger partial charge on any atom is 0.0742 e. The summed E-state index contributed by atoms with van der Waals surface area (Å²) in [5.74, 6) is 0. The van der Waals surface area contributed by atoms with E-state index in [-0.39, 0.29) is 19.8 Å². The lowest BCUT2D eigenvalue weighted by molar-refractivity contribution is -0.103. The van der Waals surface area contributed by atoms with Crippen LogP contribution in [0.25, 0.3) is 0 Å². The van der Waals surface area contributed by atoms with Crippen LogP contribution in [-0.2, 0) is 4.74 Å². The normalized spacial score (nSPS) is 13.5. The van der Waals surface area contributed by atoms with E-state index in [9.17, 15) is 0 Å². The lowest BCUT2D eigenvalue weighted by atomic mass is 9.91. The Morgan fingerprint density at radius 1 is 0.682 bits per heavy atom. The van der Waals surface area contributed by atoms with E-state index in [4.69, 9.17) is 45.6 Å². The highest BCUT2D eigenvalue weighted by Gasteiger charge is 2.32. The molecule has 136 valence electrons. The highest BCUT2D eigenvalue weighted by Crippen LogP contribution is 2.19. The molecule has 0 saturated carbocycles. The smallest absolute Gasteiger partial charge is 0.0742 e. The molecule has 0 aliphatic heterocycles. The Balaban J connectivity index is 0. The molecule has 0 saturated heterocycles. The van der Waals surface area contributed by atoms with Gasteiger partial charge in [0.2, 0.25) is 0 Å². The fourth-order valence-electron chi connectivity index (χ4n) is 1.06. The monoisotopic (exact) mass is 330 g/mol. The molecule has 22 heavy (non-hydrogen) atoms. The Bertz CT molecular complexity index is 203. The summed E-state index contributed by atoms with van der Waals surface area (Å²) >= 11 is 0. The van der Waals surface area contributed by atoms with Crippen LogP contribution in [0.5, 0.6) is 0 Å². The zero-order valence-electron chi connectivity index (χ0n) is 12.9. The van der Waals surface area contributed by atoms with Crippen molar-refractivity contribution in [3.63, 3.8) is 0 Å². The molecule has 0 rings (SSSR count). The third-order valence-corrected chi connectivity index (χ3v) is 3.09. The van der Waals surface area contributed by atoms with Crippen LogP contribution in [0.1, 0.15) is 6.92 Å². The molecule has 0 heterocycles. The van der Waals surface area contributed by atoms with Crippen LogP contribution >= 0.6 is 0 Å². The number of aliphatic hydroxyl groups is 8. The van der Waals surface area contributed by atoms with Gasteiger partial charge < -0.3 is 45.6 Å². The first kappa shape index (κ1) is 23.9. The average molecular weight is 330 g/mol. The zero-order valence-corrected chi connectivity index (χ0v) is 12.9. The standard InChI is InChI=1S/C10H22O7.C3H8O2/c11-1-9(2-12,3-13)7-17-8-10(4-14,5-15)6-16;1-3(5)2-4/h11-16H,1-8H2;3-5H,2H2,1H3. The Labute approximate surface area is 130 Å². The van der Waals surface area contributed by atoms with Crippen molar-refractivity contribution < 1.29 is 45.6 Å². The first-order valence-electron chi connectivity index (χ1n) is 6.86. The Hall–Kier alpha value is -0.360. The molecule has 0 radical (unpaired) electrons. The molecular weight excluding hydrogens is 300 g/mol. The molecule has 0 aliphatic carbocycles. The molecule has 0 aromatic heterocycles. The first-order chi connectivity index (χ1) is 10.3. The maximum absolute atomic E-state index is 9.03. The molecule has 1 unspecified atom stereocenters. The van der Waals surface area contributed by atoms with Crippen molar-refractivity contribution in [1.29, 1.82) is 0 Å². The number of hydrogen-bond acceptors (Lipinski definition) is 9. The van der Waals surface area contributed by atoms with E-state index in [1.54, 1.807) is 0 Å². The quantitative estimate of drug-likeness (QED) is 0.190. The van der Waals surface area contributed by atoms with Gasteiger partial charge in [-0.2, -0.15) is 0 Å².